The number of rotatable bonds is 5. The molecule has 3 heterocycles. The van der Waals surface area contributed by atoms with Crippen molar-refractivity contribution in [3.63, 3.8) is 0 Å². The summed E-state index contributed by atoms with van der Waals surface area (Å²) in [5.74, 6) is 0.730. The van der Waals surface area contributed by atoms with Crippen LogP contribution >= 0.6 is 22.7 Å². The van der Waals surface area contributed by atoms with Crippen LogP contribution in [0.2, 0.25) is 0 Å². The number of aryl methyl sites for hydroxylation is 1. The molecule has 4 aromatic rings. The second-order valence-corrected chi connectivity index (χ2v) is 7.33. The van der Waals surface area contributed by atoms with E-state index >= 15 is 0 Å². The van der Waals surface area contributed by atoms with E-state index in [1.807, 2.05) is 17.5 Å². The van der Waals surface area contributed by atoms with Gasteiger partial charge in [0.05, 0.1) is 11.6 Å². The highest BCUT2D eigenvalue weighted by Gasteiger charge is 2.12. The molecule has 1 aromatic carbocycles. The number of fused-ring (bicyclic) bond motifs is 1. The van der Waals surface area contributed by atoms with Gasteiger partial charge in [0.1, 0.15) is 11.2 Å². The highest BCUT2D eigenvalue weighted by Crippen LogP contribution is 2.36. The molecule has 0 aliphatic heterocycles. The normalized spacial score (nSPS) is 11.4. The number of anilines is 1. The monoisotopic (exact) mass is 364 g/mol. The molecule has 0 spiro atoms. The fraction of sp³-hybridized carbons (Fsp3) is 0.105. The second kappa shape index (κ2) is 7.13. The Kier molecular flexibility index (Phi) is 4.54. The number of hydrogen-bond donors (Lipinski definition) is 1. The lowest BCUT2D eigenvalue weighted by Crippen LogP contribution is -1.95. The maximum Gasteiger partial charge on any atom is 0.159 e. The van der Waals surface area contributed by atoms with Crippen molar-refractivity contribution in [2.75, 3.05) is 5.43 Å². The van der Waals surface area contributed by atoms with Gasteiger partial charge in [0.2, 0.25) is 0 Å². The molecule has 124 valence electrons. The van der Waals surface area contributed by atoms with Crippen LogP contribution in [0.15, 0.2) is 58.6 Å². The van der Waals surface area contributed by atoms with Crippen molar-refractivity contribution in [3.8, 4) is 11.1 Å². The third kappa shape index (κ3) is 3.31. The number of nitrogens with one attached hydrogen (secondary N) is 1. The van der Waals surface area contributed by atoms with Crippen LogP contribution < -0.4 is 5.43 Å². The fourth-order valence-electron chi connectivity index (χ4n) is 2.61. The molecule has 25 heavy (non-hydrogen) atoms. The second-order valence-electron chi connectivity index (χ2n) is 5.49. The van der Waals surface area contributed by atoms with Crippen molar-refractivity contribution >= 4 is 44.9 Å². The summed E-state index contributed by atoms with van der Waals surface area (Å²) in [6.45, 7) is 2.16. The smallest absolute Gasteiger partial charge is 0.159 e. The highest BCUT2D eigenvalue weighted by molar-refractivity contribution is 7.17. The molecule has 1 N–H and O–H groups in total. The van der Waals surface area contributed by atoms with Crippen molar-refractivity contribution < 1.29 is 0 Å². The highest BCUT2D eigenvalue weighted by atomic mass is 32.1. The first-order valence-corrected chi connectivity index (χ1v) is 9.75. The van der Waals surface area contributed by atoms with E-state index in [1.165, 1.54) is 11.1 Å². The van der Waals surface area contributed by atoms with Crippen LogP contribution in [0.5, 0.6) is 0 Å². The SMILES string of the molecule is CCc1ccc(-c2csc3ncnc(N/N=C/c4cccs4)c23)cc1. The van der Waals surface area contributed by atoms with Crippen molar-refractivity contribution in [2.45, 2.75) is 13.3 Å². The third-order valence-corrected chi connectivity index (χ3v) is 5.64. The summed E-state index contributed by atoms with van der Waals surface area (Å²) in [6.07, 6.45) is 4.42. The van der Waals surface area contributed by atoms with Gasteiger partial charge >= 0.3 is 0 Å². The number of nitrogens with zero attached hydrogens (tertiary/aromatic N) is 3. The zero-order valence-electron chi connectivity index (χ0n) is 13.6. The molecule has 0 bridgehead atoms. The van der Waals surface area contributed by atoms with E-state index in [4.69, 9.17) is 0 Å². The molecule has 0 unspecified atom stereocenters. The first kappa shape index (κ1) is 15.9. The first-order chi connectivity index (χ1) is 12.3. The molecule has 4 rings (SSSR count). The lowest BCUT2D eigenvalue weighted by molar-refractivity contribution is 1.14. The molecule has 0 saturated heterocycles. The van der Waals surface area contributed by atoms with E-state index in [0.29, 0.717) is 0 Å². The van der Waals surface area contributed by atoms with Crippen LogP contribution in [0, 0.1) is 0 Å². The van der Waals surface area contributed by atoms with Crippen LogP contribution in [-0.4, -0.2) is 16.2 Å². The number of hydrogen-bond acceptors (Lipinski definition) is 6. The van der Waals surface area contributed by atoms with Gasteiger partial charge in [-0.15, -0.1) is 22.7 Å². The Morgan fingerprint density at radius 2 is 2.00 bits per heavy atom. The lowest BCUT2D eigenvalue weighted by atomic mass is 10.0. The predicted molar refractivity (Wildman–Crippen MR) is 108 cm³/mol. The summed E-state index contributed by atoms with van der Waals surface area (Å²) >= 11 is 3.27. The molecule has 0 saturated carbocycles. The van der Waals surface area contributed by atoms with Gasteiger partial charge < -0.3 is 0 Å². The minimum absolute atomic E-state index is 0.730. The van der Waals surface area contributed by atoms with E-state index in [-0.39, 0.29) is 0 Å². The minimum atomic E-state index is 0.730. The average Bonchev–Trinajstić information content (AvgIpc) is 3.32. The summed E-state index contributed by atoms with van der Waals surface area (Å²) in [7, 11) is 0. The van der Waals surface area contributed by atoms with E-state index in [1.54, 1.807) is 35.2 Å². The Morgan fingerprint density at radius 3 is 2.76 bits per heavy atom. The standard InChI is InChI=1S/C19H16N4S2/c1-2-13-5-7-14(8-6-13)16-11-25-19-17(16)18(20-12-21-19)23-22-10-15-4-3-9-24-15/h3-12H,2H2,1H3,(H,20,21,23)/b22-10+. The molecule has 0 aliphatic carbocycles. The van der Waals surface area contributed by atoms with Crippen LogP contribution in [0.1, 0.15) is 17.4 Å². The number of hydrazone groups is 1. The topological polar surface area (TPSA) is 50.2 Å². The van der Waals surface area contributed by atoms with E-state index in [2.05, 4.69) is 57.1 Å². The Labute approximate surface area is 153 Å². The average molecular weight is 364 g/mol. The molecule has 0 amide bonds. The molecule has 0 atom stereocenters. The lowest BCUT2D eigenvalue weighted by Gasteiger charge is -2.05. The number of thiophene rings is 2. The van der Waals surface area contributed by atoms with Crippen molar-refractivity contribution in [1.82, 2.24) is 9.97 Å². The molecule has 6 heteroatoms. The molecule has 3 aromatic heterocycles. The van der Waals surface area contributed by atoms with Gasteiger partial charge in [0.15, 0.2) is 5.82 Å². The van der Waals surface area contributed by atoms with Gasteiger partial charge in [-0.05, 0) is 29.0 Å². The summed E-state index contributed by atoms with van der Waals surface area (Å²) in [4.78, 5) is 10.8. The summed E-state index contributed by atoms with van der Waals surface area (Å²) in [5.41, 5.74) is 6.71. The van der Waals surface area contributed by atoms with E-state index < -0.39 is 0 Å². The van der Waals surface area contributed by atoms with E-state index in [9.17, 15) is 0 Å². The Balaban J connectivity index is 1.71. The molecular weight excluding hydrogens is 348 g/mol. The van der Waals surface area contributed by atoms with Gasteiger partial charge in [-0.2, -0.15) is 5.10 Å². The van der Waals surface area contributed by atoms with Crippen molar-refractivity contribution in [3.05, 3.63) is 63.9 Å². The zero-order valence-corrected chi connectivity index (χ0v) is 15.3. The Bertz CT molecular complexity index is 1000. The van der Waals surface area contributed by atoms with Crippen LogP contribution in [0.3, 0.4) is 0 Å². The fourth-order valence-corrected chi connectivity index (χ4v) is 4.11. The number of aromatic nitrogens is 2. The Morgan fingerprint density at radius 1 is 1.12 bits per heavy atom. The largest absolute Gasteiger partial charge is 0.261 e. The predicted octanol–water partition coefficient (Wildman–Crippen LogP) is 5.43. The third-order valence-electron chi connectivity index (χ3n) is 3.95. The summed E-state index contributed by atoms with van der Waals surface area (Å²) < 4.78 is 0. The first-order valence-electron chi connectivity index (χ1n) is 7.99. The molecule has 0 radical (unpaired) electrons. The maximum atomic E-state index is 4.40. The number of benzene rings is 1. The molecule has 0 fully saturated rings. The van der Waals surface area contributed by atoms with Gasteiger partial charge in [-0.3, -0.25) is 5.43 Å². The summed E-state index contributed by atoms with van der Waals surface area (Å²) in [6, 6.07) is 12.7. The zero-order chi connectivity index (χ0) is 17.1. The van der Waals surface area contributed by atoms with Gasteiger partial charge in [-0.1, -0.05) is 37.3 Å². The van der Waals surface area contributed by atoms with Crippen molar-refractivity contribution in [2.24, 2.45) is 5.10 Å². The van der Waals surface area contributed by atoms with Crippen LogP contribution in [0.25, 0.3) is 21.3 Å². The van der Waals surface area contributed by atoms with Crippen molar-refractivity contribution in [1.29, 1.82) is 0 Å². The van der Waals surface area contributed by atoms with Crippen LogP contribution in [0.4, 0.5) is 5.82 Å². The molecule has 0 aliphatic rings. The summed E-state index contributed by atoms with van der Waals surface area (Å²) in [5, 5.41) is 9.50. The maximum absolute atomic E-state index is 4.40. The van der Waals surface area contributed by atoms with E-state index in [0.717, 1.165) is 32.9 Å². The van der Waals surface area contributed by atoms with Gasteiger partial charge in [0, 0.05) is 15.8 Å². The van der Waals surface area contributed by atoms with Gasteiger partial charge in [-0.25, -0.2) is 9.97 Å². The Hall–Kier alpha value is -2.57. The molecular formula is C19H16N4S2. The molecule has 4 nitrogen and oxygen atoms in total. The minimum Gasteiger partial charge on any atom is -0.261 e. The van der Waals surface area contributed by atoms with Crippen LogP contribution in [-0.2, 0) is 6.42 Å². The quantitative estimate of drug-likeness (QED) is 0.379. The van der Waals surface area contributed by atoms with Gasteiger partial charge in [0.25, 0.3) is 0 Å².